The van der Waals surface area contributed by atoms with Crippen LogP contribution in [0.4, 0.5) is 5.00 Å². The van der Waals surface area contributed by atoms with E-state index in [1.54, 1.807) is 6.92 Å². The molecule has 0 aliphatic heterocycles. The molecule has 10 nitrogen and oxygen atoms in total. The molecule has 0 spiro atoms. The number of anilines is 1. The van der Waals surface area contributed by atoms with Gasteiger partial charge in [-0.15, -0.1) is 11.3 Å². The molecule has 3 rings (SSSR count). The molecule has 3 heterocycles. The van der Waals surface area contributed by atoms with Gasteiger partial charge in [0.1, 0.15) is 11.5 Å². The summed E-state index contributed by atoms with van der Waals surface area (Å²) >= 11 is 7.38. The molecule has 3 aromatic rings. The molecule has 0 fully saturated rings. The molecular formula is C17H18ClN5O5S. The van der Waals surface area contributed by atoms with Crippen molar-refractivity contribution in [3.05, 3.63) is 42.1 Å². The quantitative estimate of drug-likeness (QED) is 0.482. The lowest BCUT2D eigenvalue weighted by atomic mass is 10.1. The van der Waals surface area contributed by atoms with E-state index in [0.29, 0.717) is 10.6 Å². The fourth-order valence-corrected chi connectivity index (χ4v) is 4.23. The number of aryl methyl sites for hydroxylation is 2. The Morgan fingerprint density at radius 3 is 2.48 bits per heavy atom. The molecular weight excluding hydrogens is 422 g/mol. The van der Waals surface area contributed by atoms with Crippen LogP contribution in [0.5, 0.6) is 0 Å². The molecule has 0 aromatic carbocycles. The second-order valence-corrected chi connectivity index (χ2v) is 7.93. The van der Waals surface area contributed by atoms with Crippen LogP contribution in [0.15, 0.2) is 9.59 Å². The molecule has 154 valence electrons. The smallest absolute Gasteiger partial charge is 0.341 e. The van der Waals surface area contributed by atoms with Crippen LogP contribution in [-0.2, 0) is 30.2 Å². The second kappa shape index (κ2) is 7.48. The third kappa shape index (κ3) is 3.36. The number of carbonyl (C=O) groups is 2. The van der Waals surface area contributed by atoms with Gasteiger partial charge >= 0.3 is 11.7 Å². The predicted octanol–water partition coefficient (Wildman–Crippen LogP) is 1.19. The number of fused-ring (bicyclic) bond motifs is 1. The van der Waals surface area contributed by atoms with Crippen LogP contribution in [-0.4, -0.2) is 37.7 Å². The fraction of sp³-hybridized carbons (Fsp3) is 0.353. The van der Waals surface area contributed by atoms with E-state index < -0.39 is 23.1 Å². The maximum absolute atomic E-state index is 12.7. The van der Waals surface area contributed by atoms with Gasteiger partial charge in [-0.2, -0.15) is 4.98 Å². The van der Waals surface area contributed by atoms with Gasteiger partial charge in [-0.3, -0.25) is 23.3 Å². The number of aromatic nitrogens is 4. The van der Waals surface area contributed by atoms with E-state index in [0.717, 1.165) is 9.44 Å². The number of amides is 1. The number of esters is 1. The number of hydrogen-bond donors (Lipinski definition) is 1. The molecule has 0 radical (unpaired) electrons. The molecule has 0 saturated heterocycles. The number of ether oxygens (including phenoxy) is 1. The average Bonchev–Trinajstić information content (AvgIpc) is 3.14. The minimum atomic E-state index is -0.617. The zero-order chi connectivity index (χ0) is 21.6. The minimum absolute atomic E-state index is 0.0292. The number of nitrogens with one attached hydrogen (secondary N) is 1. The maximum atomic E-state index is 12.7. The lowest BCUT2D eigenvalue weighted by Gasteiger charge is -2.09. The zero-order valence-electron chi connectivity index (χ0n) is 16.3. The molecule has 0 aliphatic rings. The van der Waals surface area contributed by atoms with Crippen LogP contribution in [0.25, 0.3) is 11.2 Å². The first-order chi connectivity index (χ1) is 13.6. The summed E-state index contributed by atoms with van der Waals surface area (Å²) in [6, 6.07) is 0. The van der Waals surface area contributed by atoms with Crippen LogP contribution in [0.3, 0.4) is 0 Å². The maximum Gasteiger partial charge on any atom is 0.341 e. The molecule has 0 aliphatic carbocycles. The van der Waals surface area contributed by atoms with Gasteiger partial charge in [0.05, 0.1) is 12.7 Å². The van der Waals surface area contributed by atoms with E-state index >= 15 is 0 Å². The second-order valence-electron chi connectivity index (χ2n) is 6.37. The molecule has 0 unspecified atom stereocenters. The Kier molecular flexibility index (Phi) is 5.37. The number of thiophene rings is 1. The standard InChI is InChI=1S/C17H18ClN5O5S/c1-7-8(2)29-13(10(7)15(26)28-5)19-9(24)6-23-11-12(20-16(23)18)21(3)17(27)22(4)14(11)25/h6H2,1-5H3,(H,19,24). The normalized spacial score (nSPS) is 11.1. The van der Waals surface area contributed by atoms with Gasteiger partial charge in [0, 0.05) is 19.0 Å². The van der Waals surface area contributed by atoms with Crippen LogP contribution in [0.1, 0.15) is 20.8 Å². The molecule has 12 heteroatoms. The van der Waals surface area contributed by atoms with Crippen molar-refractivity contribution in [1.29, 1.82) is 0 Å². The average molecular weight is 440 g/mol. The Hall–Kier alpha value is -2.92. The molecule has 0 atom stereocenters. The van der Waals surface area contributed by atoms with Gasteiger partial charge in [0.15, 0.2) is 11.2 Å². The van der Waals surface area contributed by atoms with Crippen molar-refractivity contribution in [2.75, 3.05) is 12.4 Å². The van der Waals surface area contributed by atoms with Crippen molar-refractivity contribution in [3.8, 4) is 0 Å². The van der Waals surface area contributed by atoms with E-state index in [1.165, 1.54) is 41.7 Å². The molecule has 0 saturated carbocycles. The minimum Gasteiger partial charge on any atom is -0.465 e. The summed E-state index contributed by atoms with van der Waals surface area (Å²) in [6.45, 7) is 3.25. The number of carbonyl (C=O) groups excluding carboxylic acids is 2. The van der Waals surface area contributed by atoms with Crippen molar-refractivity contribution in [2.45, 2.75) is 20.4 Å². The molecule has 1 amide bonds. The third-order valence-corrected chi connectivity index (χ3v) is 6.04. The molecule has 1 N–H and O–H groups in total. The molecule has 0 bridgehead atoms. The lowest BCUT2D eigenvalue weighted by molar-refractivity contribution is -0.116. The summed E-state index contributed by atoms with van der Waals surface area (Å²) in [5.74, 6) is -1.08. The first-order valence-electron chi connectivity index (χ1n) is 8.38. The van der Waals surface area contributed by atoms with E-state index in [4.69, 9.17) is 16.3 Å². The number of imidazole rings is 1. The number of hydrogen-bond acceptors (Lipinski definition) is 7. The third-order valence-electron chi connectivity index (χ3n) is 4.63. The highest BCUT2D eigenvalue weighted by atomic mass is 35.5. The first-order valence-corrected chi connectivity index (χ1v) is 9.57. The number of methoxy groups -OCH3 is 1. The largest absolute Gasteiger partial charge is 0.465 e. The van der Waals surface area contributed by atoms with Gasteiger partial charge in [-0.25, -0.2) is 9.59 Å². The van der Waals surface area contributed by atoms with E-state index in [1.807, 2.05) is 6.92 Å². The van der Waals surface area contributed by atoms with Crippen molar-refractivity contribution in [3.63, 3.8) is 0 Å². The summed E-state index contributed by atoms with van der Waals surface area (Å²) in [5.41, 5.74) is -0.0697. The van der Waals surface area contributed by atoms with Gasteiger partial charge in [0.25, 0.3) is 5.56 Å². The highest BCUT2D eigenvalue weighted by Gasteiger charge is 2.23. The Balaban J connectivity index is 2.02. The van der Waals surface area contributed by atoms with Crippen LogP contribution in [0.2, 0.25) is 5.28 Å². The highest BCUT2D eigenvalue weighted by molar-refractivity contribution is 7.16. The Bertz CT molecular complexity index is 1280. The monoisotopic (exact) mass is 439 g/mol. The number of rotatable bonds is 4. The van der Waals surface area contributed by atoms with Gasteiger partial charge in [0.2, 0.25) is 11.2 Å². The van der Waals surface area contributed by atoms with Crippen molar-refractivity contribution < 1.29 is 14.3 Å². The summed E-state index contributed by atoms with van der Waals surface area (Å²) in [5, 5.41) is 2.91. The van der Waals surface area contributed by atoms with Gasteiger partial charge < -0.3 is 10.1 Å². The topological polar surface area (TPSA) is 117 Å². The van der Waals surface area contributed by atoms with E-state index in [9.17, 15) is 19.2 Å². The van der Waals surface area contributed by atoms with E-state index in [2.05, 4.69) is 10.3 Å². The number of halogens is 1. The van der Waals surface area contributed by atoms with E-state index in [-0.39, 0.29) is 28.6 Å². The Morgan fingerprint density at radius 1 is 1.21 bits per heavy atom. The SMILES string of the molecule is COC(=O)c1c(NC(=O)Cn2c(Cl)nc3c2c(=O)n(C)c(=O)n3C)sc(C)c1C. The predicted molar refractivity (Wildman–Crippen MR) is 109 cm³/mol. The van der Waals surface area contributed by atoms with Crippen molar-refractivity contribution in [2.24, 2.45) is 14.1 Å². The van der Waals surface area contributed by atoms with Crippen LogP contribution in [0, 0.1) is 13.8 Å². The molecule has 3 aromatic heterocycles. The Morgan fingerprint density at radius 2 is 1.86 bits per heavy atom. The number of nitrogens with zero attached hydrogens (tertiary/aromatic N) is 4. The van der Waals surface area contributed by atoms with Crippen molar-refractivity contribution in [1.82, 2.24) is 18.7 Å². The fourth-order valence-electron chi connectivity index (χ4n) is 2.94. The summed E-state index contributed by atoms with van der Waals surface area (Å²) in [4.78, 5) is 54.2. The van der Waals surface area contributed by atoms with Crippen molar-refractivity contribution >= 4 is 51.0 Å². The summed E-state index contributed by atoms with van der Waals surface area (Å²) in [6.07, 6.45) is 0. The van der Waals surface area contributed by atoms with Crippen LogP contribution < -0.4 is 16.6 Å². The zero-order valence-corrected chi connectivity index (χ0v) is 17.9. The molecule has 29 heavy (non-hydrogen) atoms. The highest BCUT2D eigenvalue weighted by Crippen LogP contribution is 2.33. The summed E-state index contributed by atoms with van der Waals surface area (Å²) < 4.78 is 8.11. The first kappa shape index (κ1) is 20.8. The van der Waals surface area contributed by atoms with Gasteiger partial charge in [-0.1, -0.05) is 0 Å². The summed E-state index contributed by atoms with van der Waals surface area (Å²) in [7, 11) is 4.05. The Labute approximate surface area is 173 Å². The lowest BCUT2D eigenvalue weighted by Crippen LogP contribution is -2.37. The van der Waals surface area contributed by atoms with Gasteiger partial charge in [-0.05, 0) is 31.0 Å². The van der Waals surface area contributed by atoms with Crippen LogP contribution >= 0.6 is 22.9 Å².